The van der Waals surface area contributed by atoms with Crippen molar-refractivity contribution in [1.82, 2.24) is 0 Å². The van der Waals surface area contributed by atoms with E-state index >= 15 is 0 Å². The van der Waals surface area contributed by atoms with E-state index in [0.29, 0.717) is 5.56 Å². The maximum atomic E-state index is 13.7. The zero-order chi connectivity index (χ0) is 13.3. The topological polar surface area (TPSA) is 26.0 Å². The highest BCUT2D eigenvalue weighted by Gasteiger charge is 2.17. The maximum absolute atomic E-state index is 13.7. The molecule has 2 aromatic rings. The molecule has 2 rings (SSSR count). The van der Waals surface area contributed by atoms with Gasteiger partial charge in [-0.05, 0) is 45.8 Å². The van der Waals surface area contributed by atoms with E-state index < -0.39 is 17.7 Å². The van der Waals surface area contributed by atoms with Crippen LogP contribution in [0.3, 0.4) is 0 Å². The summed E-state index contributed by atoms with van der Waals surface area (Å²) >= 11 is 9.01. The van der Waals surface area contributed by atoms with Gasteiger partial charge in [0.25, 0.3) is 0 Å². The molecule has 0 heterocycles. The summed E-state index contributed by atoms with van der Waals surface area (Å²) in [5, 5.41) is 0.253. The van der Waals surface area contributed by atoms with Crippen molar-refractivity contribution in [2.45, 2.75) is 6.04 Å². The second kappa shape index (κ2) is 5.34. The highest BCUT2D eigenvalue weighted by molar-refractivity contribution is 9.10. The molecule has 0 spiro atoms. The Morgan fingerprint density at radius 1 is 1.11 bits per heavy atom. The lowest BCUT2D eigenvalue weighted by molar-refractivity contribution is 0.598. The summed E-state index contributed by atoms with van der Waals surface area (Å²) in [5.74, 6) is -0.874. The van der Waals surface area contributed by atoms with Gasteiger partial charge in [0.2, 0.25) is 0 Å². The summed E-state index contributed by atoms with van der Waals surface area (Å²) < 4.78 is 27.1. The lowest BCUT2D eigenvalue weighted by atomic mass is 9.99. The fraction of sp³-hybridized carbons (Fsp3) is 0.0769. The van der Waals surface area contributed by atoms with Crippen molar-refractivity contribution in [3.63, 3.8) is 0 Å². The van der Waals surface area contributed by atoms with E-state index in [4.69, 9.17) is 17.3 Å². The van der Waals surface area contributed by atoms with Crippen LogP contribution in [0.1, 0.15) is 17.2 Å². The second-order valence-corrected chi connectivity index (χ2v) is 5.05. The van der Waals surface area contributed by atoms with E-state index in [2.05, 4.69) is 15.9 Å². The third-order valence-electron chi connectivity index (χ3n) is 2.61. The van der Waals surface area contributed by atoms with Crippen molar-refractivity contribution in [2.75, 3.05) is 0 Å². The van der Waals surface area contributed by atoms with E-state index in [1.54, 1.807) is 6.07 Å². The Bertz CT molecular complexity index is 569. The first-order chi connectivity index (χ1) is 8.50. The number of nitrogens with two attached hydrogens (primary N) is 1. The number of hydrogen-bond acceptors (Lipinski definition) is 1. The van der Waals surface area contributed by atoms with Crippen LogP contribution < -0.4 is 5.73 Å². The van der Waals surface area contributed by atoms with E-state index in [1.807, 2.05) is 0 Å². The smallest absolute Gasteiger partial charge is 0.137 e. The lowest BCUT2D eigenvalue weighted by Crippen LogP contribution is -2.14. The van der Waals surface area contributed by atoms with E-state index in [0.717, 1.165) is 0 Å². The Morgan fingerprint density at radius 2 is 1.83 bits per heavy atom. The number of benzene rings is 2. The second-order valence-electron chi connectivity index (χ2n) is 3.79. The average Bonchev–Trinajstić information content (AvgIpc) is 2.32. The molecule has 2 N–H and O–H groups in total. The van der Waals surface area contributed by atoms with E-state index in [9.17, 15) is 8.78 Å². The van der Waals surface area contributed by atoms with Gasteiger partial charge in [0, 0.05) is 10.6 Å². The number of rotatable bonds is 2. The molecule has 0 saturated carbocycles. The maximum Gasteiger partial charge on any atom is 0.137 e. The van der Waals surface area contributed by atoms with Crippen LogP contribution >= 0.6 is 27.5 Å². The lowest BCUT2D eigenvalue weighted by Gasteiger charge is -2.15. The predicted octanol–water partition coefficient (Wildman–Crippen LogP) is 4.43. The van der Waals surface area contributed by atoms with Crippen LogP contribution in [-0.2, 0) is 0 Å². The van der Waals surface area contributed by atoms with Crippen molar-refractivity contribution in [3.8, 4) is 0 Å². The van der Waals surface area contributed by atoms with Crippen LogP contribution in [0.4, 0.5) is 8.78 Å². The fourth-order valence-corrected chi connectivity index (χ4v) is 2.36. The third-order valence-corrected chi connectivity index (χ3v) is 3.55. The molecule has 0 bridgehead atoms. The minimum Gasteiger partial charge on any atom is -0.320 e. The largest absolute Gasteiger partial charge is 0.320 e. The van der Waals surface area contributed by atoms with Crippen molar-refractivity contribution in [1.29, 1.82) is 0 Å². The van der Waals surface area contributed by atoms with Crippen LogP contribution in [0.15, 0.2) is 40.9 Å². The molecular weight excluding hydrogens is 324 g/mol. The van der Waals surface area contributed by atoms with Gasteiger partial charge in [-0.25, -0.2) is 8.78 Å². The summed E-state index contributed by atoms with van der Waals surface area (Å²) in [6.45, 7) is 0. The zero-order valence-corrected chi connectivity index (χ0v) is 11.5. The summed E-state index contributed by atoms with van der Waals surface area (Å²) in [5.41, 5.74) is 6.75. The average molecular weight is 333 g/mol. The Morgan fingerprint density at radius 3 is 2.44 bits per heavy atom. The van der Waals surface area contributed by atoms with Crippen LogP contribution in [-0.4, -0.2) is 0 Å². The molecule has 0 fully saturated rings. The van der Waals surface area contributed by atoms with Crippen molar-refractivity contribution in [2.24, 2.45) is 5.73 Å². The van der Waals surface area contributed by atoms with Crippen molar-refractivity contribution >= 4 is 27.5 Å². The monoisotopic (exact) mass is 331 g/mol. The molecular formula is C13H9BrClF2N. The van der Waals surface area contributed by atoms with Gasteiger partial charge in [-0.1, -0.05) is 23.7 Å². The van der Waals surface area contributed by atoms with E-state index in [-0.39, 0.29) is 15.1 Å². The van der Waals surface area contributed by atoms with Gasteiger partial charge in [-0.3, -0.25) is 0 Å². The van der Waals surface area contributed by atoms with Crippen LogP contribution in [0.25, 0.3) is 0 Å². The quantitative estimate of drug-likeness (QED) is 0.865. The van der Waals surface area contributed by atoms with Crippen LogP contribution in [0, 0.1) is 11.6 Å². The molecule has 2 aromatic carbocycles. The molecule has 1 nitrogen and oxygen atoms in total. The third kappa shape index (κ3) is 2.55. The first-order valence-corrected chi connectivity index (χ1v) is 6.32. The molecule has 1 atom stereocenters. The molecule has 0 aromatic heterocycles. The molecule has 1 unspecified atom stereocenters. The normalized spacial score (nSPS) is 12.5. The van der Waals surface area contributed by atoms with Crippen molar-refractivity contribution < 1.29 is 8.78 Å². The molecule has 0 aliphatic carbocycles. The highest BCUT2D eigenvalue weighted by Crippen LogP contribution is 2.30. The standard InChI is InChI=1S/C13H9BrClF2N/c14-8-6-7(4-5-10(8)16)13(18)12-9(15)2-1-3-11(12)17/h1-6,13H,18H2. The first-order valence-electron chi connectivity index (χ1n) is 5.15. The molecule has 0 radical (unpaired) electrons. The predicted molar refractivity (Wildman–Crippen MR) is 71.5 cm³/mol. The minimum atomic E-state index is -0.740. The Kier molecular flexibility index (Phi) is 4.00. The molecule has 0 saturated heterocycles. The summed E-state index contributed by atoms with van der Waals surface area (Å²) in [6.07, 6.45) is 0. The SMILES string of the molecule is NC(c1ccc(F)c(Br)c1)c1c(F)cccc1Cl. The molecule has 0 aliphatic rings. The van der Waals surface area contributed by atoms with Gasteiger partial charge < -0.3 is 5.73 Å². The molecule has 18 heavy (non-hydrogen) atoms. The molecule has 0 aliphatic heterocycles. The number of halogens is 4. The van der Waals surface area contributed by atoms with Gasteiger partial charge in [0.1, 0.15) is 11.6 Å². The summed E-state index contributed by atoms with van der Waals surface area (Å²) in [4.78, 5) is 0. The van der Waals surface area contributed by atoms with Gasteiger partial charge >= 0.3 is 0 Å². The zero-order valence-electron chi connectivity index (χ0n) is 9.13. The Labute approximate surface area is 117 Å². The molecule has 5 heteroatoms. The Hall–Kier alpha value is -0.970. The van der Waals surface area contributed by atoms with Crippen molar-refractivity contribution in [3.05, 3.63) is 68.7 Å². The summed E-state index contributed by atoms with van der Waals surface area (Å²) in [7, 11) is 0. The van der Waals surface area contributed by atoms with Gasteiger partial charge in [-0.2, -0.15) is 0 Å². The highest BCUT2D eigenvalue weighted by atomic mass is 79.9. The first kappa shape index (κ1) is 13.5. The minimum absolute atomic E-state index is 0.206. The van der Waals surface area contributed by atoms with Gasteiger partial charge in [-0.15, -0.1) is 0 Å². The Balaban J connectivity index is 2.48. The fourth-order valence-electron chi connectivity index (χ4n) is 1.68. The van der Waals surface area contributed by atoms with Crippen LogP contribution in [0.5, 0.6) is 0 Å². The van der Waals surface area contributed by atoms with E-state index in [1.165, 1.54) is 30.3 Å². The van der Waals surface area contributed by atoms with Gasteiger partial charge in [0.05, 0.1) is 10.5 Å². The van der Waals surface area contributed by atoms with Crippen LogP contribution in [0.2, 0.25) is 5.02 Å². The number of hydrogen-bond donors (Lipinski definition) is 1. The van der Waals surface area contributed by atoms with Gasteiger partial charge in [0.15, 0.2) is 0 Å². The summed E-state index contributed by atoms with van der Waals surface area (Å²) in [6, 6.07) is 7.92. The molecule has 94 valence electrons. The molecule has 0 amide bonds.